The summed E-state index contributed by atoms with van der Waals surface area (Å²) in [5, 5.41) is 1.11. The number of amides is 1. The third-order valence-corrected chi connectivity index (χ3v) is 2.81. The Morgan fingerprint density at radius 1 is 0.774 bits per heavy atom. The summed E-state index contributed by atoms with van der Waals surface area (Å²) in [5.41, 5.74) is 0. The third-order valence-electron chi connectivity index (χ3n) is 2.81. The first-order valence-electron chi connectivity index (χ1n) is 7.45. The second-order valence-electron chi connectivity index (χ2n) is 5.75. The fraction of sp³-hybridized carbons (Fsp3) is 0.917. The van der Waals surface area contributed by atoms with Crippen LogP contribution >= 0.6 is 0 Å². The average Bonchev–Trinajstić information content (AvgIpc) is 2.45. The first-order valence-corrected chi connectivity index (χ1v) is 7.45. The molecule has 0 aliphatic rings. The van der Waals surface area contributed by atoms with Crippen LogP contribution in [0, 0.1) is 0 Å². The van der Waals surface area contributed by atoms with E-state index >= 15 is 0 Å². The van der Waals surface area contributed by atoms with Crippen molar-refractivity contribution in [3.63, 3.8) is 0 Å². The molecule has 1 atom stereocenters. The predicted molar refractivity (Wildman–Crippen MR) is 70.2 cm³/mol. The molecule has 0 aliphatic carbocycles. The number of hydrogen-bond donors (Lipinski definition) is 1. The molecule has 1 unspecified atom stereocenters. The molecule has 6 nitrogen and oxygen atoms in total. The number of nitrogens with zero attached hydrogens (tertiary/aromatic N) is 1. The number of nitrogens with one attached hydrogen (secondary N) is 1. The van der Waals surface area contributed by atoms with Gasteiger partial charge in [-0.1, -0.05) is 0 Å². The van der Waals surface area contributed by atoms with E-state index in [0.29, 0.717) is 0 Å². The Morgan fingerprint density at radius 2 is 1.23 bits per heavy atom. The molecule has 0 rings (SSSR count). The van der Waals surface area contributed by atoms with Gasteiger partial charge < -0.3 is 10.2 Å². The Balaban J connectivity index is 5.64. The molecule has 0 spiro atoms. The van der Waals surface area contributed by atoms with Crippen LogP contribution in [0.4, 0.5) is 57.1 Å². The van der Waals surface area contributed by atoms with Crippen molar-refractivity contribution < 1.29 is 76.1 Å². The summed E-state index contributed by atoms with van der Waals surface area (Å²) in [6, 6.07) is 0. The van der Waals surface area contributed by atoms with E-state index in [1.807, 2.05) is 0 Å². The first-order chi connectivity index (χ1) is 13.5. The zero-order valence-electron chi connectivity index (χ0n) is 15.1. The normalized spacial score (nSPS) is 16.4. The molecule has 0 aliphatic heterocycles. The average molecular weight is 496 g/mol. The van der Waals surface area contributed by atoms with E-state index in [1.165, 1.54) is 19.0 Å². The fourth-order valence-corrected chi connectivity index (χ4v) is 1.54. The quantitative estimate of drug-likeness (QED) is 0.269. The van der Waals surface area contributed by atoms with Gasteiger partial charge in [0.2, 0.25) is 0 Å². The van der Waals surface area contributed by atoms with Crippen molar-refractivity contribution in [1.29, 1.82) is 0 Å². The van der Waals surface area contributed by atoms with Gasteiger partial charge in [0.1, 0.15) is 0 Å². The Morgan fingerprint density at radius 3 is 1.61 bits per heavy atom. The maximum absolute atomic E-state index is 14.0. The Bertz CT molecular complexity index is 608. The molecule has 0 saturated carbocycles. The van der Waals surface area contributed by atoms with E-state index in [4.69, 9.17) is 0 Å². The smallest absolute Gasteiger partial charge is 0.351 e. The molecule has 0 heterocycles. The molecule has 19 heteroatoms. The van der Waals surface area contributed by atoms with E-state index in [-0.39, 0.29) is 13.0 Å². The van der Waals surface area contributed by atoms with Gasteiger partial charge in [-0.05, 0) is 27.1 Å². The Kier molecular flexibility index (Phi) is 9.00. The van der Waals surface area contributed by atoms with Crippen LogP contribution in [0.25, 0.3) is 0 Å². The van der Waals surface area contributed by atoms with Gasteiger partial charge in [-0.3, -0.25) is 9.53 Å². The summed E-state index contributed by atoms with van der Waals surface area (Å²) in [5.74, 6) is -9.32. The molecular formula is C12H13F13N2O4. The zero-order valence-corrected chi connectivity index (χ0v) is 15.1. The SMILES string of the molecule is CN(C)CCCNC(=O)C(F)(OC(F)(F)C(F)(F)OC(F)(F)OC(F)(F)F)C(F)(F)F. The van der Waals surface area contributed by atoms with Gasteiger partial charge in [0.05, 0.1) is 0 Å². The number of carbonyl (C=O) groups excluding carboxylic acids is 1. The molecule has 0 radical (unpaired) electrons. The number of halogens is 13. The Hall–Kier alpha value is -1.60. The number of rotatable bonds is 11. The molecule has 186 valence electrons. The second kappa shape index (κ2) is 9.49. The van der Waals surface area contributed by atoms with Crippen LogP contribution in [-0.2, 0) is 19.0 Å². The largest absolute Gasteiger partial charge is 0.529 e. The van der Waals surface area contributed by atoms with Gasteiger partial charge in [0.25, 0.3) is 5.91 Å². The topological polar surface area (TPSA) is 60.0 Å². The molecule has 1 amide bonds. The number of ether oxygens (including phenoxy) is 3. The third kappa shape index (κ3) is 8.81. The lowest BCUT2D eigenvalue weighted by Crippen LogP contribution is -2.62. The van der Waals surface area contributed by atoms with Crippen LogP contribution in [0.1, 0.15) is 6.42 Å². The first kappa shape index (κ1) is 29.4. The second-order valence-corrected chi connectivity index (χ2v) is 5.75. The van der Waals surface area contributed by atoms with Gasteiger partial charge in [0, 0.05) is 6.54 Å². The van der Waals surface area contributed by atoms with Gasteiger partial charge in [-0.2, -0.15) is 39.9 Å². The van der Waals surface area contributed by atoms with Gasteiger partial charge in [-0.15, -0.1) is 22.0 Å². The minimum atomic E-state index is -7.06. The molecule has 0 aromatic heterocycles. The highest BCUT2D eigenvalue weighted by Gasteiger charge is 2.75. The van der Waals surface area contributed by atoms with E-state index in [0.717, 1.165) is 5.32 Å². The zero-order chi connectivity index (χ0) is 25.1. The molecule has 0 aromatic carbocycles. The van der Waals surface area contributed by atoms with Crippen molar-refractivity contribution in [2.24, 2.45) is 0 Å². The van der Waals surface area contributed by atoms with E-state index in [1.54, 1.807) is 9.47 Å². The van der Waals surface area contributed by atoms with Crippen molar-refractivity contribution in [1.82, 2.24) is 10.2 Å². The van der Waals surface area contributed by atoms with E-state index < -0.39 is 49.4 Å². The molecule has 31 heavy (non-hydrogen) atoms. The maximum atomic E-state index is 14.0. The molecular weight excluding hydrogens is 483 g/mol. The van der Waals surface area contributed by atoms with Crippen molar-refractivity contribution in [2.75, 3.05) is 27.2 Å². The van der Waals surface area contributed by atoms with Crippen molar-refractivity contribution in [2.45, 2.75) is 43.3 Å². The predicted octanol–water partition coefficient (Wildman–Crippen LogP) is 3.59. The van der Waals surface area contributed by atoms with Gasteiger partial charge in [-0.25, -0.2) is 4.74 Å². The minimum absolute atomic E-state index is 0.0722. The van der Waals surface area contributed by atoms with Crippen molar-refractivity contribution in [3.05, 3.63) is 0 Å². The molecule has 0 fully saturated rings. The summed E-state index contributed by atoms with van der Waals surface area (Å²) < 4.78 is 171. The lowest BCUT2D eigenvalue weighted by atomic mass is 10.2. The molecule has 0 saturated heterocycles. The summed E-state index contributed by atoms with van der Waals surface area (Å²) in [7, 11) is 2.92. The number of hydrogen-bond acceptors (Lipinski definition) is 5. The van der Waals surface area contributed by atoms with Crippen LogP contribution < -0.4 is 5.32 Å². The molecule has 1 N–H and O–H groups in total. The molecule has 0 bridgehead atoms. The van der Waals surface area contributed by atoms with Crippen LogP contribution in [0.15, 0.2) is 0 Å². The molecule has 0 aromatic rings. The highest BCUT2D eigenvalue weighted by Crippen LogP contribution is 2.47. The van der Waals surface area contributed by atoms with E-state index in [9.17, 15) is 61.9 Å². The Labute approximate surface area is 164 Å². The van der Waals surface area contributed by atoms with Crippen LogP contribution in [-0.4, -0.2) is 74.9 Å². The lowest BCUT2D eigenvalue weighted by molar-refractivity contribution is -0.573. The van der Waals surface area contributed by atoms with Crippen molar-refractivity contribution in [3.8, 4) is 0 Å². The van der Waals surface area contributed by atoms with Crippen LogP contribution in [0.2, 0.25) is 0 Å². The van der Waals surface area contributed by atoms with Gasteiger partial charge >= 0.3 is 36.9 Å². The lowest BCUT2D eigenvalue weighted by Gasteiger charge is -2.34. The number of carbonyl (C=O) groups is 1. The van der Waals surface area contributed by atoms with Crippen LogP contribution in [0.5, 0.6) is 0 Å². The van der Waals surface area contributed by atoms with Crippen LogP contribution in [0.3, 0.4) is 0 Å². The van der Waals surface area contributed by atoms with Gasteiger partial charge in [0.15, 0.2) is 0 Å². The minimum Gasteiger partial charge on any atom is -0.351 e. The summed E-state index contributed by atoms with van der Waals surface area (Å²) >= 11 is 0. The highest BCUT2D eigenvalue weighted by atomic mass is 19.4. The van der Waals surface area contributed by atoms with E-state index in [2.05, 4.69) is 4.74 Å². The monoisotopic (exact) mass is 496 g/mol. The fourth-order valence-electron chi connectivity index (χ4n) is 1.54. The number of alkyl halides is 13. The van der Waals surface area contributed by atoms with Crippen molar-refractivity contribution >= 4 is 5.91 Å². The standard InChI is InChI=1S/C12H13F13N2O4/c1-27(2)5-3-4-26-6(28)7(13,8(14,15)16)29-9(17,18)10(19,20)30-12(24,25)31-11(21,22)23/h3-5H2,1-2H3,(H,26,28). The summed E-state index contributed by atoms with van der Waals surface area (Å²) in [6.07, 6.45) is -34.1. The summed E-state index contributed by atoms with van der Waals surface area (Å²) in [4.78, 5) is 12.8. The maximum Gasteiger partial charge on any atom is 0.529 e. The highest BCUT2D eigenvalue weighted by molar-refractivity contribution is 5.84. The summed E-state index contributed by atoms with van der Waals surface area (Å²) in [6.45, 7) is -0.735.